The molecule has 7 nitrogen and oxygen atoms in total. The molecular formula is C52H90O7. The Kier molecular flexibility index (Phi) is 19.4. The molecule has 0 aromatic carbocycles. The molecule has 1 heterocycles. The van der Waals surface area contributed by atoms with Crippen molar-refractivity contribution < 1.29 is 34.3 Å². The summed E-state index contributed by atoms with van der Waals surface area (Å²) in [6.45, 7) is 16.7. The number of hydrogen-bond acceptors (Lipinski definition) is 7. The Morgan fingerprint density at radius 1 is 0.780 bits per heavy atom. The molecule has 0 spiro atoms. The summed E-state index contributed by atoms with van der Waals surface area (Å²) >= 11 is 0. The van der Waals surface area contributed by atoms with Crippen molar-refractivity contribution in [1.82, 2.24) is 0 Å². The summed E-state index contributed by atoms with van der Waals surface area (Å²) in [6, 6.07) is 0. The van der Waals surface area contributed by atoms with Gasteiger partial charge in [-0.05, 0) is 110 Å². The molecule has 3 N–H and O–H groups in total. The van der Waals surface area contributed by atoms with Crippen molar-refractivity contribution in [1.29, 1.82) is 0 Å². The molecule has 1 aliphatic heterocycles. The van der Waals surface area contributed by atoms with Crippen molar-refractivity contribution in [2.45, 2.75) is 239 Å². The van der Waals surface area contributed by atoms with Crippen LogP contribution in [0.15, 0.2) is 23.8 Å². The summed E-state index contributed by atoms with van der Waals surface area (Å²) in [5.41, 5.74) is 2.05. The third-order valence-corrected chi connectivity index (χ3v) is 16.9. The van der Waals surface area contributed by atoms with Gasteiger partial charge in [-0.25, -0.2) is 0 Å². The van der Waals surface area contributed by atoms with Gasteiger partial charge in [0.05, 0.1) is 6.10 Å². The topological polar surface area (TPSA) is 105 Å². The minimum Gasteiger partial charge on any atom is -0.463 e. The lowest BCUT2D eigenvalue weighted by Crippen LogP contribution is -2.60. The fraction of sp³-hybridized carbons (Fsp3) is 0.904. The molecule has 0 bridgehead atoms. The van der Waals surface area contributed by atoms with Crippen molar-refractivity contribution in [3.05, 3.63) is 23.8 Å². The molecule has 7 heteroatoms. The van der Waals surface area contributed by atoms with Gasteiger partial charge in [0.2, 0.25) is 0 Å². The third-order valence-electron chi connectivity index (χ3n) is 16.9. The molecule has 0 aromatic rings. The molecule has 4 fully saturated rings. The number of hydrogen-bond donors (Lipinski definition) is 3. The van der Waals surface area contributed by atoms with E-state index in [2.05, 4.69) is 66.7 Å². The first kappa shape index (κ1) is 48.8. The Hall–Kier alpha value is -1.25. The zero-order valence-corrected chi connectivity index (χ0v) is 38.9. The first-order valence-corrected chi connectivity index (χ1v) is 25.2. The van der Waals surface area contributed by atoms with Gasteiger partial charge in [-0.2, -0.15) is 0 Å². The van der Waals surface area contributed by atoms with Crippen LogP contribution in [-0.4, -0.2) is 64.7 Å². The number of unbranched alkanes of at least 4 members (excludes halogenated alkanes) is 14. The Morgan fingerprint density at radius 2 is 1.41 bits per heavy atom. The fourth-order valence-electron chi connectivity index (χ4n) is 12.6. The van der Waals surface area contributed by atoms with Crippen LogP contribution in [0.25, 0.3) is 0 Å². The number of carbonyl (C=O) groups excluding carboxylic acids is 1. The van der Waals surface area contributed by atoms with Crippen LogP contribution < -0.4 is 0 Å². The quantitative estimate of drug-likeness (QED) is 0.0505. The zero-order valence-electron chi connectivity index (χ0n) is 38.9. The lowest BCUT2D eigenvalue weighted by atomic mass is 9.47. The van der Waals surface area contributed by atoms with E-state index in [0.717, 1.165) is 62.7 Å². The van der Waals surface area contributed by atoms with E-state index in [0.29, 0.717) is 35.5 Å². The van der Waals surface area contributed by atoms with Crippen LogP contribution in [0, 0.1) is 52.3 Å². The second-order valence-corrected chi connectivity index (χ2v) is 21.2. The van der Waals surface area contributed by atoms with Gasteiger partial charge in [0.25, 0.3) is 0 Å². The average molecular weight is 827 g/mol. The number of allylic oxidation sites excluding steroid dienone is 3. The second kappa shape index (κ2) is 23.4. The van der Waals surface area contributed by atoms with E-state index in [1.807, 2.05) is 0 Å². The van der Waals surface area contributed by atoms with Crippen LogP contribution in [-0.2, 0) is 19.0 Å². The van der Waals surface area contributed by atoms with E-state index < -0.39 is 30.7 Å². The van der Waals surface area contributed by atoms with Gasteiger partial charge in [0.15, 0.2) is 6.29 Å². The van der Waals surface area contributed by atoms with Crippen molar-refractivity contribution in [3.63, 3.8) is 0 Å². The average Bonchev–Trinajstić information content (AvgIpc) is 3.58. The summed E-state index contributed by atoms with van der Waals surface area (Å²) in [5.74, 6) is 4.56. The van der Waals surface area contributed by atoms with Crippen LogP contribution >= 0.6 is 0 Å². The molecule has 5 aliphatic rings. The van der Waals surface area contributed by atoms with Gasteiger partial charge in [0, 0.05) is 6.42 Å². The zero-order chi connectivity index (χ0) is 42.6. The molecule has 1 saturated heterocycles. The molecule has 14 unspecified atom stereocenters. The second-order valence-electron chi connectivity index (χ2n) is 21.2. The predicted molar refractivity (Wildman–Crippen MR) is 240 cm³/mol. The number of ether oxygens (including phenoxy) is 3. The van der Waals surface area contributed by atoms with Crippen molar-refractivity contribution in [3.8, 4) is 0 Å². The lowest BCUT2D eigenvalue weighted by molar-refractivity contribution is -0.313. The molecule has 5 rings (SSSR count). The van der Waals surface area contributed by atoms with E-state index in [4.69, 9.17) is 14.2 Å². The number of rotatable bonds is 24. The van der Waals surface area contributed by atoms with E-state index in [9.17, 15) is 20.1 Å². The predicted octanol–water partition coefficient (Wildman–Crippen LogP) is 12.0. The summed E-state index contributed by atoms with van der Waals surface area (Å²) < 4.78 is 18.0. The molecule has 0 amide bonds. The minimum absolute atomic E-state index is 0.146. The van der Waals surface area contributed by atoms with Crippen LogP contribution in [0.4, 0.5) is 0 Å². The highest BCUT2D eigenvalue weighted by Gasteiger charge is 2.59. The number of esters is 1. The fourth-order valence-corrected chi connectivity index (χ4v) is 12.6. The molecule has 3 saturated carbocycles. The van der Waals surface area contributed by atoms with Crippen LogP contribution in [0.2, 0.25) is 0 Å². The molecule has 340 valence electrons. The molecule has 4 aliphatic carbocycles. The van der Waals surface area contributed by atoms with Crippen molar-refractivity contribution in [2.24, 2.45) is 52.3 Å². The number of carbonyl (C=O) groups is 1. The molecule has 0 radical (unpaired) electrons. The molecule has 14 atom stereocenters. The van der Waals surface area contributed by atoms with Gasteiger partial charge < -0.3 is 29.5 Å². The highest BCUT2D eigenvalue weighted by Crippen LogP contribution is 2.67. The largest absolute Gasteiger partial charge is 0.463 e. The van der Waals surface area contributed by atoms with Crippen LogP contribution in [0.5, 0.6) is 0 Å². The first-order valence-electron chi connectivity index (χ1n) is 25.2. The normalized spacial score (nSPS) is 36.8. The monoisotopic (exact) mass is 827 g/mol. The molecular weight excluding hydrogens is 737 g/mol. The Bertz CT molecular complexity index is 1310. The van der Waals surface area contributed by atoms with Crippen LogP contribution in [0.3, 0.4) is 0 Å². The Labute approximate surface area is 361 Å². The number of aliphatic hydroxyl groups is 3. The number of aliphatic hydroxyl groups excluding tert-OH is 3. The SMILES string of the molecule is CCCCCCCCCCCCCCCCCC(=O)OCC1OC(OC2CCC3(C)C(=CCC4C3CCC3(C)C(C(C)/C=C/C(C)C(C)C)CCC43)C2)C(O)C(O)C1O. The molecule has 0 aromatic heterocycles. The lowest BCUT2D eigenvalue weighted by Gasteiger charge is -2.58. The first-order chi connectivity index (χ1) is 28.3. The summed E-state index contributed by atoms with van der Waals surface area (Å²) in [5, 5.41) is 32.5. The maximum absolute atomic E-state index is 12.6. The van der Waals surface area contributed by atoms with Gasteiger partial charge in [-0.1, -0.05) is 162 Å². The maximum Gasteiger partial charge on any atom is 0.305 e. The van der Waals surface area contributed by atoms with Crippen molar-refractivity contribution >= 4 is 5.97 Å². The standard InChI is InChI=1S/C52H90O7/c1-8-9-10-11-12-13-14-15-16-17-18-19-20-21-22-23-46(53)57-35-45-47(54)48(55)49(56)50(59-45)58-40-30-32-51(6)39(34-40)26-27-41-43-29-28-42(52(43,7)33-31-44(41)51)38(5)25-24-37(4)36(2)3/h24-26,36-38,40-45,47-50,54-56H,8-23,27-35H2,1-7H3/b25-24+. The van der Waals surface area contributed by atoms with Gasteiger partial charge >= 0.3 is 5.97 Å². The minimum atomic E-state index is -1.44. The van der Waals surface area contributed by atoms with E-state index in [1.54, 1.807) is 0 Å². The Morgan fingerprint density at radius 3 is 2.03 bits per heavy atom. The van der Waals surface area contributed by atoms with E-state index in [-0.39, 0.29) is 24.1 Å². The van der Waals surface area contributed by atoms with Crippen molar-refractivity contribution in [2.75, 3.05) is 6.61 Å². The van der Waals surface area contributed by atoms with Gasteiger partial charge in [0.1, 0.15) is 31.0 Å². The Balaban J connectivity index is 1.01. The summed E-state index contributed by atoms with van der Waals surface area (Å²) in [4.78, 5) is 12.6. The highest BCUT2D eigenvalue weighted by atomic mass is 16.7. The highest BCUT2D eigenvalue weighted by molar-refractivity contribution is 5.69. The van der Waals surface area contributed by atoms with E-state index in [1.165, 1.54) is 108 Å². The van der Waals surface area contributed by atoms with Gasteiger partial charge in [-0.3, -0.25) is 4.79 Å². The molecule has 59 heavy (non-hydrogen) atoms. The third kappa shape index (κ3) is 12.7. The summed E-state index contributed by atoms with van der Waals surface area (Å²) in [6.07, 6.45) is 29.7. The smallest absolute Gasteiger partial charge is 0.305 e. The maximum atomic E-state index is 12.6. The van der Waals surface area contributed by atoms with E-state index >= 15 is 0 Å². The van der Waals surface area contributed by atoms with Gasteiger partial charge in [-0.15, -0.1) is 0 Å². The number of fused-ring (bicyclic) bond motifs is 5. The van der Waals surface area contributed by atoms with Crippen LogP contribution in [0.1, 0.15) is 203 Å². The summed E-state index contributed by atoms with van der Waals surface area (Å²) in [7, 11) is 0.